The highest BCUT2D eigenvalue weighted by Crippen LogP contribution is 2.26. The van der Waals surface area contributed by atoms with Crippen LogP contribution < -0.4 is 5.32 Å². The molecule has 1 aliphatic rings. The number of aromatic nitrogens is 1. The van der Waals surface area contributed by atoms with Gasteiger partial charge in [-0.2, -0.15) is 0 Å². The third kappa shape index (κ3) is 7.05. The number of para-hydroxylation sites is 1. The van der Waals surface area contributed by atoms with E-state index in [4.69, 9.17) is 39.5 Å². The van der Waals surface area contributed by atoms with Crippen molar-refractivity contribution in [2.24, 2.45) is 5.92 Å². The minimum Gasteiger partial charge on any atom is -0.461 e. The number of nitrogens with one attached hydrogen (secondary N) is 2. The van der Waals surface area contributed by atoms with Gasteiger partial charge in [-0.3, -0.25) is 9.59 Å². The summed E-state index contributed by atoms with van der Waals surface area (Å²) in [6.07, 6.45) is 4.82. The first-order valence-electron chi connectivity index (χ1n) is 10.1. The third-order valence-electron chi connectivity index (χ3n) is 5.34. The number of nitrogens with zero attached hydrogens (tertiary/aromatic N) is 1. The number of carbonyl (C=O) groups excluding carboxylic acids is 2. The molecule has 1 aliphatic heterocycles. The fourth-order valence-corrected chi connectivity index (χ4v) is 3.85. The van der Waals surface area contributed by atoms with Crippen molar-refractivity contribution in [1.29, 1.82) is 0 Å². The standard InChI is InChI=1S/C21H26Cl3N3O3/c22-21(23,24)14-30-19(28)6-3-9-27-10-7-15(8-11-27)12-26-20(29)17-13-25-18-5-2-1-4-16(17)18/h1-2,4-5,13,15,25H,3,6-12,14H2,(H,26,29). The minimum absolute atomic E-state index is 0.0387. The average molecular weight is 475 g/mol. The maximum Gasteiger partial charge on any atom is 0.305 e. The molecule has 2 heterocycles. The van der Waals surface area contributed by atoms with Crippen molar-refractivity contribution in [2.45, 2.75) is 29.5 Å². The van der Waals surface area contributed by atoms with Gasteiger partial charge in [0, 0.05) is 30.1 Å². The molecule has 0 atom stereocenters. The highest BCUT2D eigenvalue weighted by molar-refractivity contribution is 6.67. The number of ether oxygens (including phenoxy) is 1. The Balaban J connectivity index is 1.32. The van der Waals surface area contributed by atoms with Gasteiger partial charge < -0.3 is 19.9 Å². The summed E-state index contributed by atoms with van der Waals surface area (Å²) in [4.78, 5) is 29.7. The fourth-order valence-electron chi connectivity index (χ4n) is 3.69. The molecule has 1 aromatic carbocycles. The number of likely N-dealkylation sites (tertiary alicyclic amines) is 1. The monoisotopic (exact) mass is 473 g/mol. The van der Waals surface area contributed by atoms with Crippen LogP contribution in [0, 0.1) is 5.92 Å². The zero-order valence-electron chi connectivity index (χ0n) is 16.6. The molecular weight excluding hydrogens is 449 g/mol. The van der Waals surface area contributed by atoms with Crippen molar-refractivity contribution in [3.05, 3.63) is 36.0 Å². The predicted octanol–water partition coefficient (Wildman–Crippen LogP) is 4.30. The summed E-state index contributed by atoms with van der Waals surface area (Å²) in [5.41, 5.74) is 1.65. The molecule has 2 N–H and O–H groups in total. The Morgan fingerprint density at radius 3 is 2.67 bits per heavy atom. The van der Waals surface area contributed by atoms with Crippen LogP contribution in [0.2, 0.25) is 0 Å². The van der Waals surface area contributed by atoms with E-state index in [0.717, 1.165) is 43.4 Å². The summed E-state index contributed by atoms with van der Waals surface area (Å²) in [6, 6.07) is 7.79. The van der Waals surface area contributed by atoms with Crippen LogP contribution in [0.5, 0.6) is 0 Å². The number of benzene rings is 1. The summed E-state index contributed by atoms with van der Waals surface area (Å²) in [5, 5.41) is 4.02. The number of hydrogen-bond donors (Lipinski definition) is 2. The van der Waals surface area contributed by atoms with Crippen molar-refractivity contribution in [3.63, 3.8) is 0 Å². The highest BCUT2D eigenvalue weighted by Gasteiger charge is 2.23. The molecule has 0 bridgehead atoms. The lowest BCUT2D eigenvalue weighted by Gasteiger charge is -2.31. The second-order valence-corrected chi connectivity index (χ2v) is 10.1. The van der Waals surface area contributed by atoms with Gasteiger partial charge in [0.1, 0.15) is 6.61 Å². The molecule has 2 aromatic rings. The van der Waals surface area contributed by atoms with Crippen molar-refractivity contribution in [3.8, 4) is 0 Å². The normalized spacial score (nSPS) is 16.0. The summed E-state index contributed by atoms with van der Waals surface area (Å²) in [5.74, 6) is 0.0732. The molecule has 0 spiro atoms. The van der Waals surface area contributed by atoms with Crippen molar-refractivity contribution in [1.82, 2.24) is 15.2 Å². The summed E-state index contributed by atoms with van der Waals surface area (Å²) < 4.78 is 3.36. The predicted molar refractivity (Wildman–Crippen MR) is 120 cm³/mol. The Morgan fingerprint density at radius 1 is 1.20 bits per heavy atom. The van der Waals surface area contributed by atoms with Gasteiger partial charge in [-0.25, -0.2) is 0 Å². The Hall–Kier alpha value is -1.47. The number of rotatable bonds is 8. The van der Waals surface area contributed by atoms with Crippen LogP contribution in [-0.4, -0.2) is 58.3 Å². The molecule has 0 radical (unpaired) electrons. The zero-order valence-corrected chi connectivity index (χ0v) is 18.9. The van der Waals surface area contributed by atoms with Gasteiger partial charge in [0.15, 0.2) is 0 Å². The van der Waals surface area contributed by atoms with Crippen molar-refractivity contribution >= 4 is 57.6 Å². The van der Waals surface area contributed by atoms with E-state index in [-0.39, 0.29) is 18.5 Å². The van der Waals surface area contributed by atoms with Crippen LogP contribution in [-0.2, 0) is 9.53 Å². The SMILES string of the molecule is O=C(CCCN1CCC(CNC(=O)c2c[nH]c3ccccc23)CC1)OCC(Cl)(Cl)Cl. The Kier molecular flexibility index (Phi) is 8.28. The van der Waals surface area contributed by atoms with Gasteiger partial charge in [-0.15, -0.1) is 0 Å². The molecule has 3 rings (SSSR count). The molecule has 30 heavy (non-hydrogen) atoms. The first-order chi connectivity index (χ1) is 14.3. The van der Waals surface area contributed by atoms with E-state index in [1.807, 2.05) is 24.3 Å². The number of amides is 1. The Labute approximate surface area is 191 Å². The van der Waals surface area contributed by atoms with Crippen LogP contribution in [0.25, 0.3) is 10.9 Å². The first-order valence-corrected chi connectivity index (χ1v) is 11.2. The maximum absolute atomic E-state index is 12.5. The minimum atomic E-state index is -1.57. The van der Waals surface area contributed by atoms with E-state index in [0.29, 0.717) is 30.9 Å². The first kappa shape index (κ1) is 23.2. The molecule has 164 valence electrons. The van der Waals surface area contributed by atoms with Crippen LogP contribution in [0.4, 0.5) is 0 Å². The number of esters is 1. The van der Waals surface area contributed by atoms with Crippen molar-refractivity contribution in [2.75, 3.05) is 32.8 Å². The maximum atomic E-state index is 12.5. The number of aromatic amines is 1. The number of hydrogen-bond acceptors (Lipinski definition) is 4. The summed E-state index contributed by atoms with van der Waals surface area (Å²) >= 11 is 16.7. The van der Waals surface area contributed by atoms with Gasteiger partial charge in [-0.1, -0.05) is 53.0 Å². The lowest BCUT2D eigenvalue weighted by Crippen LogP contribution is -2.39. The quantitative estimate of drug-likeness (QED) is 0.442. The average Bonchev–Trinajstić information content (AvgIpc) is 3.15. The lowest BCUT2D eigenvalue weighted by atomic mass is 9.96. The number of halogens is 3. The second-order valence-electron chi connectivity index (χ2n) is 7.62. The van der Waals surface area contributed by atoms with E-state index < -0.39 is 3.79 Å². The molecule has 9 heteroatoms. The zero-order chi connectivity index (χ0) is 21.6. The molecule has 1 aromatic heterocycles. The molecule has 0 unspecified atom stereocenters. The van der Waals surface area contributed by atoms with Gasteiger partial charge in [-0.05, 0) is 50.9 Å². The molecule has 0 aliphatic carbocycles. The number of fused-ring (bicyclic) bond motifs is 1. The molecular formula is C21H26Cl3N3O3. The molecule has 0 saturated carbocycles. The summed E-state index contributed by atoms with van der Waals surface area (Å²) in [6.45, 7) is 3.19. The molecule has 1 amide bonds. The van der Waals surface area contributed by atoms with Crippen LogP contribution >= 0.6 is 34.8 Å². The van der Waals surface area contributed by atoms with E-state index >= 15 is 0 Å². The Morgan fingerprint density at radius 2 is 1.93 bits per heavy atom. The number of H-pyrrole nitrogens is 1. The molecule has 1 fully saturated rings. The highest BCUT2D eigenvalue weighted by atomic mass is 35.6. The number of piperidine rings is 1. The van der Waals surface area contributed by atoms with Crippen LogP contribution in [0.1, 0.15) is 36.0 Å². The third-order valence-corrected chi connectivity index (χ3v) is 5.67. The van der Waals surface area contributed by atoms with E-state index in [1.165, 1.54) is 0 Å². The number of alkyl halides is 3. The smallest absolute Gasteiger partial charge is 0.305 e. The topological polar surface area (TPSA) is 74.4 Å². The second kappa shape index (κ2) is 10.7. The van der Waals surface area contributed by atoms with Gasteiger partial charge in [0.2, 0.25) is 3.79 Å². The fraction of sp³-hybridized carbons (Fsp3) is 0.524. The molecule has 1 saturated heterocycles. The van der Waals surface area contributed by atoms with E-state index in [1.54, 1.807) is 6.20 Å². The lowest BCUT2D eigenvalue weighted by molar-refractivity contribution is -0.143. The van der Waals surface area contributed by atoms with Crippen LogP contribution in [0.15, 0.2) is 30.5 Å². The molecule has 6 nitrogen and oxygen atoms in total. The van der Waals surface area contributed by atoms with Gasteiger partial charge >= 0.3 is 5.97 Å². The van der Waals surface area contributed by atoms with E-state index in [9.17, 15) is 9.59 Å². The Bertz CT molecular complexity index is 858. The van der Waals surface area contributed by atoms with Crippen molar-refractivity contribution < 1.29 is 14.3 Å². The summed E-state index contributed by atoms with van der Waals surface area (Å²) in [7, 11) is 0. The van der Waals surface area contributed by atoms with Gasteiger partial charge in [0.25, 0.3) is 5.91 Å². The largest absolute Gasteiger partial charge is 0.461 e. The number of carbonyl (C=O) groups is 2. The van der Waals surface area contributed by atoms with E-state index in [2.05, 4.69) is 15.2 Å². The van der Waals surface area contributed by atoms with Crippen LogP contribution in [0.3, 0.4) is 0 Å². The van der Waals surface area contributed by atoms with Gasteiger partial charge in [0.05, 0.1) is 5.56 Å².